The summed E-state index contributed by atoms with van der Waals surface area (Å²) >= 11 is 5.96. The topological polar surface area (TPSA) is 73.2 Å². The number of aryl methyl sites for hydroxylation is 1. The van der Waals surface area contributed by atoms with Gasteiger partial charge in [-0.15, -0.1) is 0 Å². The molecule has 0 saturated carbocycles. The maximum Gasteiger partial charge on any atom is 0.264 e. The van der Waals surface area contributed by atoms with Crippen molar-refractivity contribution in [3.63, 3.8) is 0 Å². The van der Waals surface area contributed by atoms with Crippen molar-refractivity contribution in [1.82, 2.24) is 9.55 Å². The Morgan fingerprint density at radius 3 is 2.83 bits per heavy atom. The minimum absolute atomic E-state index is 0.0139. The Morgan fingerprint density at radius 2 is 2.08 bits per heavy atom. The van der Waals surface area contributed by atoms with Crippen LogP contribution in [0.3, 0.4) is 0 Å². The summed E-state index contributed by atoms with van der Waals surface area (Å²) in [5, 5.41) is 3.81. The van der Waals surface area contributed by atoms with Crippen molar-refractivity contribution >= 4 is 34.2 Å². The SMILES string of the molecule is COc1ccc(Cl)cc1NC(=O)c1cc2cccnc2n(C)c1=O. The molecule has 0 saturated heterocycles. The molecule has 3 rings (SSSR count). The van der Waals surface area contributed by atoms with Gasteiger partial charge >= 0.3 is 0 Å². The molecule has 0 aliphatic carbocycles. The largest absolute Gasteiger partial charge is 0.495 e. The molecule has 1 amide bonds. The fourth-order valence-electron chi connectivity index (χ4n) is 2.43. The number of halogens is 1. The van der Waals surface area contributed by atoms with Crippen LogP contribution >= 0.6 is 11.6 Å². The number of benzene rings is 1. The monoisotopic (exact) mass is 343 g/mol. The molecule has 0 spiro atoms. The first-order chi connectivity index (χ1) is 11.5. The van der Waals surface area contributed by atoms with Gasteiger partial charge in [0.2, 0.25) is 0 Å². The van der Waals surface area contributed by atoms with Crippen LogP contribution in [0.15, 0.2) is 47.4 Å². The lowest BCUT2D eigenvalue weighted by Gasteiger charge is -2.11. The summed E-state index contributed by atoms with van der Waals surface area (Å²) in [7, 11) is 3.06. The van der Waals surface area contributed by atoms with Crippen molar-refractivity contribution in [2.24, 2.45) is 7.05 Å². The normalized spacial score (nSPS) is 10.6. The molecule has 0 aliphatic rings. The number of amides is 1. The number of carbonyl (C=O) groups is 1. The first-order valence-electron chi connectivity index (χ1n) is 7.11. The Labute approximate surface area is 142 Å². The van der Waals surface area contributed by atoms with Crippen molar-refractivity contribution < 1.29 is 9.53 Å². The highest BCUT2D eigenvalue weighted by Gasteiger charge is 2.16. The molecule has 2 aromatic heterocycles. The van der Waals surface area contributed by atoms with Crippen molar-refractivity contribution in [2.45, 2.75) is 0 Å². The van der Waals surface area contributed by atoms with Gasteiger partial charge in [-0.2, -0.15) is 0 Å². The van der Waals surface area contributed by atoms with Gasteiger partial charge in [0.15, 0.2) is 0 Å². The zero-order valence-corrected chi connectivity index (χ0v) is 13.8. The number of rotatable bonds is 3. The van der Waals surface area contributed by atoms with Crippen LogP contribution in [0.4, 0.5) is 5.69 Å². The van der Waals surface area contributed by atoms with Gasteiger partial charge < -0.3 is 10.1 Å². The van der Waals surface area contributed by atoms with Gasteiger partial charge in [0, 0.05) is 23.7 Å². The molecule has 1 N–H and O–H groups in total. The van der Waals surface area contributed by atoms with Gasteiger partial charge in [-0.05, 0) is 36.4 Å². The first kappa shape index (κ1) is 16.0. The summed E-state index contributed by atoms with van der Waals surface area (Å²) in [6, 6.07) is 9.91. The van der Waals surface area contributed by atoms with Crippen LogP contribution in [0, 0.1) is 0 Å². The van der Waals surface area contributed by atoms with Gasteiger partial charge in [-0.3, -0.25) is 14.2 Å². The van der Waals surface area contributed by atoms with Gasteiger partial charge in [-0.25, -0.2) is 4.98 Å². The zero-order chi connectivity index (χ0) is 17.3. The quantitative estimate of drug-likeness (QED) is 0.793. The van der Waals surface area contributed by atoms with E-state index in [0.717, 1.165) is 0 Å². The molecule has 3 aromatic rings. The molecule has 0 unspecified atom stereocenters. The van der Waals surface area contributed by atoms with Crippen molar-refractivity contribution in [1.29, 1.82) is 0 Å². The molecule has 122 valence electrons. The fraction of sp³-hybridized carbons (Fsp3) is 0.118. The average Bonchev–Trinajstić information content (AvgIpc) is 2.58. The van der Waals surface area contributed by atoms with E-state index < -0.39 is 11.5 Å². The molecule has 0 bridgehead atoms. The molecule has 0 atom stereocenters. The minimum Gasteiger partial charge on any atom is -0.495 e. The zero-order valence-electron chi connectivity index (χ0n) is 13.0. The third-order valence-corrected chi connectivity index (χ3v) is 3.86. The van der Waals surface area contributed by atoms with Crippen LogP contribution in [-0.4, -0.2) is 22.6 Å². The second-order valence-corrected chi connectivity index (χ2v) is 5.57. The highest BCUT2D eigenvalue weighted by Crippen LogP contribution is 2.28. The average molecular weight is 344 g/mol. The van der Waals surface area contributed by atoms with E-state index in [-0.39, 0.29) is 5.56 Å². The smallest absolute Gasteiger partial charge is 0.264 e. The Kier molecular flexibility index (Phi) is 4.22. The summed E-state index contributed by atoms with van der Waals surface area (Å²) in [4.78, 5) is 29.2. The van der Waals surface area contributed by atoms with Crippen LogP contribution in [0.1, 0.15) is 10.4 Å². The molecule has 1 aromatic carbocycles. The lowest BCUT2D eigenvalue weighted by atomic mass is 10.2. The molecule has 0 fully saturated rings. The van der Waals surface area contributed by atoms with Crippen LogP contribution in [0.5, 0.6) is 5.75 Å². The summed E-state index contributed by atoms with van der Waals surface area (Å²) in [6.45, 7) is 0. The number of hydrogen-bond donors (Lipinski definition) is 1. The molecular formula is C17H14ClN3O3. The number of carbonyl (C=O) groups excluding carboxylic acids is 1. The number of nitrogens with one attached hydrogen (secondary N) is 1. The van der Waals surface area contributed by atoms with E-state index in [1.807, 2.05) is 0 Å². The van der Waals surface area contributed by atoms with E-state index in [9.17, 15) is 9.59 Å². The summed E-state index contributed by atoms with van der Waals surface area (Å²) in [5.74, 6) is -0.0889. The number of fused-ring (bicyclic) bond motifs is 1. The van der Waals surface area contributed by atoms with E-state index >= 15 is 0 Å². The van der Waals surface area contributed by atoms with Crippen LogP contribution in [0.2, 0.25) is 5.02 Å². The number of ether oxygens (including phenoxy) is 1. The van der Waals surface area contributed by atoms with E-state index in [4.69, 9.17) is 16.3 Å². The predicted octanol–water partition coefficient (Wildman–Crippen LogP) is 2.85. The number of hydrogen-bond acceptors (Lipinski definition) is 4. The van der Waals surface area contributed by atoms with Gasteiger partial charge in [-0.1, -0.05) is 11.6 Å². The molecule has 24 heavy (non-hydrogen) atoms. The number of pyridine rings is 2. The maximum absolute atomic E-state index is 12.6. The van der Waals surface area contributed by atoms with E-state index in [1.165, 1.54) is 17.7 Å². The van der Waals surface area contributed by atoms with Crippen LogP contribution in [-0.2, 0) is 7.05 Å². The van der Waals surface area contributed by atoms with Crippen molar-refractivity contribution in [3.05, 3.63) is 63.5 Å². The highest BCUT2D eigenvalue weighted by molar-refractivity contribution is 6.31. The molecule has 7 heteroatoms. The van der Waals surface area contributed by atoms with Crippen LogP contribution in [0.25, 0.3) is 11.0 Å². The summed E-state index contributed by atoms with van der Waals surface area (Å²) < 4.78 is 6.54. The third kappa shape index (κ3) is 2.83. The Balaban J connectivity index is 2.05. The summed E-state index contributed by atoms with van der Waals surface area (Å²) in [5.41, 5.74) is 0.488. The lowest BCUT2D eigenvalue weighted by molar-refractivity contribution is 0.102. The molecule has 0 radical (unpaired) electrons. The Bertz CT molecular complexity index is 998. The number of aromatic nitrogens is 2. The maximum atomic E-state index is 12.6. The van der Waals surface area contributed by atoms with E-state index in [0.29, 0.717) is 27.5 Å². The number of anilines is 1. The van der Waals surface area contributed by atoms with Gasteiger partial charge in [0.1, 0.15) is 17.0 Å². The highest BCUT2D eigenvalue weighted by atomic mass is 35.5. The molecule has 6 nitrogen and oxygen atoms in total. The third-order valence-electron chi connectivity index (χ3n) is 3.62. The fourth-order valence-corrected chi connectivity index (χ4v) is 2.60. The van der Waals surface area contributed by atoms with Crippen LogP contribution < -0.4 is 15.6 Å². The lowest BCUT2D eigenvalue weighted by Crippen LogP contribution is -2.28. The minimum atomic E-state index is -0.540. The second-order valence-electron chi connectivity index (χ2n) is 5.14. The van der Waals surface area contributed by atoms with E-state index in [1.54, 1.807) is 43.6 Å². The standard InChI is InChI=1S/C17H14ClN3O3/c1-21-15-10(4-3-7-19-15)8-12(17(21)23)16(22)20-13-9-11(18)5-6-14(13)24-2/h3-9H,1-2H3,(H,20,22). The number of methoxy groups -OCH3 is 1. The molecule has 2 heterocycles. The van der Waals surface area contributed by atoms with E-state index in [2.05, 4.69) is 10.3 Å². The van der Waals surface area contributed by atoms with Crippen molar-refractivity contribution in [3.8, 4) is 5.75 Å². The first-order valence-corrected chi connectivity index (χ1v) is 7.48. The van der Waals surface area contributed by atoms with Gasteiger partial charge in [0.05, 0.1) is 12.8 Å². The second kappa shape index (κ2) is 6.33. The van der Waals surface area contributed by atoms with Crippen molar-refractivity contribution in [2.75, 3.05) is 12.4 Å². The predicted molar refractivity (Wildman–Crippen MR) is 92.9 cm³/mol. The summed E-state index contributed by atoms with van der Waals surface area (Å²) in [6.07, 6.45) is 1.60. The Morgan fingerprint density at radius 1 is 1.29 bits per heavy atom. The Hall–Kier alpha value is -2.86. The number of nitrogens with zero attached hydrogens (tertiary/aromatic N) is 2. The molecule has 0 aliphatic heterocycles. The molecular weight excluding hydrogens is 330 g/mol. The van der Waals surface area contributed by atoms with Gasteiger partial charge in [0.25, 0.3) is 11.5 Å².